The average molecular weight is 418 g/mol. The second-order valence-electron chi connectivity index (χ2n) is 7.16. The minimum atomic E-state index is -0.563. The highest BCUT2D eigenvalue weighted by Crippen LogP contribution is 2.32. The fourth-order valence-corrected chi connectivity index (χ4v) is 3.67. The first-order valence-corrected chi connectivity index (χ1v) is 10.0. The zero-order valence-electron chi connectivity index (χ0n) is 16.5. The molecule has 7 nitrogen and oxygen atoms in total. The molecule has 1 fully saturated rings. The standard InChI is InChI=1S/C21H24ClN3O4/c1-3-29-20-7-4-15(12-19(20)25(27)28)21(26)23-16-5-6-18(17(22)13-16)24-10-8-14(2)9-11-24/h4-7,12-14H,3,8-11H2,1-2H3,(H,23,26). The van der Waals surface area contributed by atoms with Gasteiger partial charge in [0.15, 0.2) is 5.75 Å². The van der Waals surface area contributed by atoms with Crippen LogP contribution in [0.2, 0.25) is 5.02 Å². The predicted molar refractivity (Wildman–Crippen MR) is 114 cm³/mol. The summed E-state index contributed by atoms with van der Waals surface area (Å²) in [5, 5.41) is 14.6. The van der Waals surface area contributed by atoms with Crippen LogP contribution in [0, 0.1) is 16.0 Å². The smallest absolute Gasteiger partial charge is 0.311 e. The number of benzene rings is 2. The van der Waals surface area contributed by atoms with E-state index in [1.807, 2.05) is 6.07 Å². The second-order valence-corrected chi connectivity index (χ2v) is 7.57. The molecule has 0 unspecified atom stereocenters. The lowest BCUT2D eigenvalue weighted by Crippen LogP contribution is -2.32. The third kappa shape index (κ3) is 4.98. The van der Waals surface area contributed by atoms with Crippen LogP contribution in [0.1, 0.15) is 37.0 Å². The molecule has 2 aromatic rings. The van der Waals surface area contributed by atoms with Gasteiger partial charge in [0.05, 0.1) is 22.2 Å². The molecule has 0 aliphatic carbocycles. The van der Waals surface area contributed by atoms with Crippen molar-refractivity contribution in [1.82, 2.24) is 0 Å². The van der Waals surface area contributed by atoms with Gasteiger partial charge in [-0.1, -0.05) is 18.5 Å². The highest BCUT2D eigenvalue weighted by atomic mass is 35.5. The molecule has 8 heteroatoms. The molecule has 0 bridgehead atoms. The van der Waals surface area contributed by atoms with E-state index < -0.39 is 10.8 Å². The quantitative estimate of drug-likeness (QED) is 0.519. The zero-order chi connectivity index (χ0) is 21.0. The second kappa shape index (κ2) is 9.13. The van der Waals surface area contributed by atoms with Gasteiger partial charge in [-0.2, -0.15) is 0 Å². The van der Waals surface area contributed by atoms with Crippen molar-refractivity contribution < 1.29 is 14.5 Å². The van der Waals surface area contributed by atoms with Gasteiger partial charge in [-0.3, -0.25) is 14.9 Å². The van der Waals surface area contributed by atoms with Crippen molar-refractivity contribution >= 4 is 34.6 Å². The van der Waals surface area contributed by atoms with Crippen LogP contribution in [0.25, 0.3) is 0 Å². The summed E-state index contributed by atoms with van der Waals surface area (Å²) in [4.78, 5) is 25.5. The zero-order valence-corrected chi connectivity index (χ0v) is 17.2. The summed E-state index contributed by atoms with van der Waals surface area (Å²) >= 11 is 6.45. The Morgan fingerprint density at radius 3 is 2.62 bits per heavy atom. The van der Waals surface area contributed by atoms with Crippen LogP contribution in [0.3, 0.4) is 0 Å². The lowest BCUT2D eigenvalue weighted by atomic mass is 9.99. The van der Waals surface area contributed by atoms with Crippen molar-refractivity contribution in [2.45, 2.75) is 26.7 Å². The summed E-state index contributed by atoms with van der Waals surface area (Å²) in [6.07, 6.45) is 2.26. The van der Waals surface area contributed by atoms with E-state index in [-0.39, 0.29) is 17.0 Å². The lowest BCUT2D eigenvalue weighted by Gasteiger charge is -2.32. The molecule has 154 valence electrons. The topological polar surface area (TPSA) is 84.7 Å². The van der Waals surface area contributed by atoms with Gasteiger partial charge in [-0.15, -0.1) is 0 Å². The minimum Gasteiger partial charge on any atom is -0.487 e. The first-order chi connectivity index (χ1) is 13.9. The number of anilines is 2. The van der Waals surface area contributed by atoms with Crippen LogP contribution in [0.15, 0.2) is 36.4 Å². The van der Waals surface area contributed by atoms with E-state index in [9.17, 15) is 14.9 Å². The molecule has 0 atom stereocenters. The first kappa shape index (κ1) is 20.9. The van der Waals surface area contributed by atoms with Crippen molar-refractivity contribution in [1.29, 1.82) is 0 Å². The molecule has 0 saturated carbocycles. The van der Waals surface area contributed by atoms with Gasteiger partial charge in [0.2, 0.25) is 0 Å². The van der Waals surface area contributed by atoms with E-state index in [1.54, 1.807) is 19.1 Å². The van der Waals surface area contributed by atoms with Gasteiger partial charge in [-0.25, -0.2) is 0 Å². The van der Waals surface area contributed by atoms with E-state index in [1.165, 1.54) is 18.2 Å². The Bertz CT molecular complexity index is 911. The number of hydrogen-bond donors (Lipinski definition) is 1. The predicted octanol–water partition coefficient (Wildman–Crippen LogP) is 5.14. The van der Waals surface area contributed by atoms with Crippen molar-refractivity contribution in [2.24, 2.45) is 5.92 Å². The summed E-state index contributed by atoms with van der Waals surface area (Å²) in [7, 11) is 0. The van der Waals surface area contributed by atoms with Gasteiger partial charge >= 0.3 is 5.69 Å². The Kier molecular flexibility index (Phi) is 6.59. The fourth-order valence-electron chi connectivity index (χ4n) is 3.37. The van der Waals surface area contributed by atoms with Gasteiger partial charge in [-0.05, 0) is 56.0 Å². The summed E-state index contributed by atoms with van der Waals surface area (Å²) in [5.41, 5.74) is 1.41. The molecule has 2 aromatic carbocycles. The van der Waals surface area contributed by atoms with Crippen LogP contribution < -0.4 is 15.0 Å². The highest BCUT2D eigenvalue weighted by Gasteiger charge is 2.20. The van der Waals surface area contributed by atoms with Crippen molar-refractivity contribution in [3.8, 4) is 5.75 Å². The third-order valence-electron chi connectivity index (χ3n) is 5.05. The number of nitrogens with zero attached hydrogens (tertiary/aromatic N) is 2. The number of hydrogen-bond acceptors (Lipinski definition) is 5. The van der Waals surface area contributed by atoms with E-state index in [2.05, 4.69) is 17.1 Å². The van der Waals surface area contributed by atoms with Crippen LogP contribution in [0.5, 0.6) is 5.75 Å². The Balaban J connectivity index is 1.74. The number of nitro benzene ring substituents is 1. The summed E-state index contributed by atoms with van der Waals surface area (Å²) in [6, 6.07) is 9.54. The van der Waals surface area contributed by atoms with Gasteiger partial charge in [0, 0.05) is 30.4 Å². The Hall–Kier alpha value is -2.80. The first-order valence-electron chi connectivity index (χ1n) is 9.66. The third-order valence-corrected chi connectivity index (χ3v) is 5.35. The highest BCUT2D eigenvalue weighted by molar-refractivity contribution is 6.33. The molecule has 1 saturated heterocycles. The van der Waals surface area contributed by atoms with Gasteiger partial charge in [0.25, 0.3) is 5.91 Å². The van der Waals surface area contributed by atoms with Crippen LogP contribution in [-0.2, 0) is 0 Å². The minimum absolute atomic E-state index is 0.136. The van der Waals surface area contributed by atoms with E-state index in [0.29, 0.717) is 17.3 Å². The molecule has 0 aromatic heterocycles. The average Bonchev–Trinajstić information content (AvgIpc) is 2.69. The van der Waals surface area contributed by atoms with E-state index in [0.717, 1.165) is 37.5 Å². The molecular weight excluding hydrogens is 394 g/mol. The summed E-state index contributed by atoms with van der Waals surface area (Å²) < 4.78 is 5.25. The van der Waals surface area contributed by atoms with Crippen LogP contribution >= 0.6 is 11.6 Å². The van der Waals surface area contributed by atoms with Gasteiger partial charge in [0.1, 0.15) is 0 Å². The molecular formula is C21H24ClN3O4. The number of piperidine rings is 1. The normalized spacial score (nSPS) is 14.5. The molecule has 1 heterocycles. The summed E-state index contributed by atoms with van der Waals surface area (Å²) in [6.45, 7) is 6.21. The number of rotatable bonds is 6. The van der Waals surface area contributed by atoms with Crippen molar-refractivity contribution in [3.63, 3.8) is 0 Å². The number of carbonyl (C=O) groups excluding carboxylic acids is 1. The SMILES string of the molecule is CCOc1ccc(C(=O)Nc2ccc(N3CCC(C)CC3)c(Cl)c2)cc1[N+](=O)[O-]. The van der Waals surface area contributed by atoms with E-state index in [4.69, 9.17) is 16.3 Å². The van der Waals surface area contributed by atoms with Crippen LogP contribution in [0.4, 0.5) is 17.1 Å². The lowest BCUT2D eigenvalue weighted by molar-refractivity contribution is -0.385. The number of ether oxygens (including phenoxy) is 1. The number of nitro groups is 1. The van der Waals surface area contributed by atoms with Crippen LogP contribution in [-0.4, -0.2) is 30.5 Å². The number of carbonyl (C=O) groups is 1. The molecule has 3 rings (SSSR count). The molecule has 1 aliphatic heterocycles. The summed E-state index contributed by atoms with van der Waals surface area (Å²) in [5.74, 6) is 0.408. The van der Waals surface area contributed by atoms with Crippen molar-refractivity contribution in [2.75, 3.05) is 29.9 Å². The maximum Gasteiger partial charge on any atom is 0.311 e. The molecule has 0 radical (unpaired) electrons. The maximum absolute atomic E-state index is 12.6. The molecule has 29 heavy (non-hydrogen) atoms. The largest absolute Gasteiger partial charge is 0.487 e. The molecule has 1 N–H and O–H groups in total. The monoisotopic (exact) mass is 417 g/mol. The Morgan fingerprint density at radius 2 is 2.00 bits per heavy atom. The molecule has 0 spiro atoms. The number of nitrogens with one attached hydrogen (secondary N) is 1. The maximum atomic E-state index is 12.6. The van der Waals surface area contributed by atoms with Gasteiger partial charge < -0.3 is 15.0 Å². The molecule has 1 amide bonds. The number of halogens is 1. The molecule has 1 aliphatic rings. The fraction of sp³-hybridized carbons (Fsp3) is 0.381. The Morgan fingerprint density at radius 1 is 1.28 bits per heavy atom. The van der Waals surface area contributed by atoms with E-state index >= 15 is 0 Å². The number of amides is 1. The Labute approximate surface area is 174 Å². The van der Waals surface area contributed by atoms with Crippen molar-refractivity contribution in [3.05, 3.63) is 57.1 Å².